The van der Waals surface area contributed by atoms with Crippen LogP contribution in [0.15, 0.2) is 34.9 Å². The Bertz CT molecular complexity index is 723. The second kappa shape index (κ2) is 9.55. The minimum atomic E-state index is -0.210. The largest absolute Gasteiger partial charge is 0.497 e. The SMILES string of the molecule is COc1ccc(CN(Cc2nc(C(=O)NC(C)C)co2)C(C)C(C)C)cc1. The van der Waals surface area contributed by atoms with E-state index in [0.717, 1.165) is 12.3 Å². The van der Waals surface area contributed by atoms with Crippen LogP contribution in [0.5, 0.6) is 5.75 Å². The number of rotatable bonds is 9. The quantitative estimate of drug-likeness (QED) is 0.723. The molecule has 0 saturated carbocycles. The third-order valence-corrected chi connectivity index (χ3v) is 4.63. The van der Waals surface area contributed by atoms with Crippen LogP contribution in [0.4, 0.5) is 0 Å². The van der Waals surface area contributed by atoms with Crippen molar-refractivity contribution in [3.63, 3.8) is 0 Å². The van der Waals surface area contributed by atoms with Gasteiger partial charge in [-0.2, -0.15) is 0 Å². The Morgan fingerprint density at radius 3 is 2.37 bits per heavy atom. The van der Waals surface area contributed by atoms with Crippen LogP contribution in [0, 0.1) is 5.92 Å². The van der Waals surface area contributed by atoms with E-state index in [1.165, 1.54) is 11.8 Å². The third kappa shape index (κ3) is 6.10. The molecule has 6 nitrogen and oxygen atoms in total. The van der Waals surface area contributed by atoms with E-state index in [4.69, 9.17) is 9.15 Å². The first-order valence-corrected chi connectivity index (χ1v) is 9.42. The predicted molar refractivity (Wildman–Crippen MR) is 106 cm³/mol. The topological polar surface area (TPSA) is 67.6 Å². The van der Waals surface area contributed by atoms with Crippen molar-refractivity contribution >= 4 is 5.91 Å². The smallest absolute Gasteiger partial charge is 0.273 e. The van der Waals surface area contributed by atoms with Gasteiger partial charge < -0.3 is 14.5 Å². The van der Waals surface area contributed by atoms with Crippen LogP contribution in [0.25, 0.3) is 0 Å². The van der Waals surface area contributed by atoms with Crippen LogP contribution >= 0.6 is 0 Å². The van der Waals surface area contributed by atoms with Crippen LogP contribution in [0.3, 0.4) is 0 Å². The van der Waals surface area contributed by atoms with Crippen molar-refractivity contribution in [2.45, 2.75) is 59.8 Å². The van der Waals surface area contributed by atoms with Crippen LogP contribution in [-0.2, 0) is 13.1 Å². The highest BCUT2D eigenvalue weighted by Crippen LogP contribution is 2.19. The maximum absolute atomic E-state index is 12.1. The molecule has 148 valence electrons. The number of methoxy groups -OCH3 is 1. The summed E-state index contributed by atoms with van der Waals surface area (Å²) in [5.41, 5.74) is 1.51. The zero-order valence-corrected chi connectivity index (χ0v) is 17.2. The molecule has 1 amide bonds. The summed E-state index contributed by atoms with van der Waals surface area (Å²) < 4.78 is 10.8. The van der Waals surface area contributed by atoms with Crippen molar-refractivity contribution in [1.29, 1.82) is 0 Å². The molecule has 2 aromatic rings. The number of ether oxygens (including phenoxy) is 1. The van der Waals surface area contributed by atoms with Gasteiger partial charge in [0.1, 0.15) is 12.0 Å². The lowest BCUT2D eigenvalue weighted by Crippen LogP contribution is -2.36. The van der Waals surface area contributed by atoms with E-state index in [9.17, 15) is 4.79 Å². The number of nitrogens with zero attached hydrogens (tertiary/aromatic N) is 2. The molecule has 1 N–H and O–H groups in total. The van der Waals surface area contributed by atoms with E-state index in [-0.39, 0.29) is 11.9 Å². The predicted octanol–water partition coefficient (Wildman–Crippen LogP) is 3.87. The number of carbonyl (C=O) groups excluding carboxylic acids is 1. The summed E-state index contributed by atoms with van der Waals surface area (Å²) in [6.45, 7) is 11.7. The van der Waals surface area contributed by atoms with Gasteiger partial charge in [0, 0.05) is 18.6 Å². The van der Waals surface area contributed by atoms with Crippen LogP contribution in [0.1, 0.15) is 56.6 Å². The van der Waals surface area contributed by atoms with Crippen molar-refractivity contribution in [1.82, 2.24) is 15.2 Å². The molecule has 1 aromatic carbocycles. The van der Waals surface area contributed by atoms with Gasteiger partial charge in [-0.05, 0) is 44.4 Å². The fourth-order valence-electron chi connectivity index (χ4n) is 2.73. The molecule has 0 bridgehead atoms. The van der Waals surface area contributed by atoms with Gasteiger partial charge in [0.2, 0.25) is 5.89 Å². The van der Waals surface area contributed by atoms with Gasteiger partial charge in [-0.25, -0.2) is 4.98 Å². The lowest BCUT2D eigenvalue weighted by molar-refractivity contribution is 0.0938. The molecule has 0 saturated heterocycles. The maximum atomic E-state index is 12.1. The molecular weight excluding hydrogens is 342 g/mol. The Morgan fingerprint density at radius 2 is 1.81 bits per heavy atom. The van der Waals surface area contributed by atoms with Crippen LogP contribution < -0.4 is 10.1 Å². The van der Waals surface area contributed by atoms with Gasteiger partial charge in [-0.3, -0.25) is 9.69 Å². The van der Waals surface area contributed by atoms with Gasteiger partial charge >= 0.3 is 0 Å². The molecule has 6 heteroatoms. The van der Waals surface area contributed by atoms with E-state index in [1.54, 1.807) is 7.11 Å². The highest BCUT2D eigenvalue weighted by Gasteiger charge is 2.21. The molecule has 0 aliphatic heterocycles. The number of nitrogens with one attached hydrogen (secondary N) is 1. The number of hydrogen-bond donors (Lipinski definition) is 1. The molecule has 1 aromatic heterocycles. The summed E-state index contributed by atoms with van der Waals surface area (Å²) in [5.74, 6) is 1.65. The Hall–Kier alpha value is -2.34. The number of oxazole rings is 1. The number of hydrogen-bond acceptors (Lipinski definition) is 5. The molecule has 0 fully saturated rings. The van der Waals surface area contributed by atoms with Crippen molar-refractivity contribution in [3.05, 3.63) is 47.7 Å². The molecule has 0 aliphatic rings. The Labute approximate surface area is 161 Å². The zero-order chi connectivity index (χ0) is 20.0. The molecule has 1 heterocycles. The minimum Gasteiger partial charge on any atom is -0.497 e. The molecular formula is C21H31N3O3. The van der Waals surface area contributed by atoms with Crippen molar-refractivity contribution < 1.29 is 13.9 Å². The standard InChI is InChI=1S/C21H31N3O3/c1-14(2)16(5)24(11-17-7-9-18(26-6)10-8-17)12-20-23-19(13-27-20)21(25)22-15(3)4/h7-10,13-16H,11-12H2,1-6H3,(H,22,25). The number of benzene rings is 1. The fourth-order valence-corrected chi connectivity index (χ4v) is 2.73. The number of carbonyl (C=O) groups is 1. The summed E-state index contributed by atoms with van der Waals surface area (Å²) in [7, 11) is 1.66. The Morgan fingerprint density at radius 1 is 1.15 bits per heavy atom. The average molecular weight is 373 g/mol. The first-order valence-electron chi connectivity index (χ1n) is 9.42. The van der Waals surface area contributed by atoms with Crippen LogP contribution in [-0.4, -0.2) is 35.0 Å². The molecule has 0 aliphatic carbocycles. The van der Waals surface area contributed by atoms with E-state index in [1.807, 2.05) is 26.0 Å². The normalized spacial score (nSPS) is 12.6. The molecule has 1 atom stereocenters. The second-order valence-electron chi connectivity index (χ2n) is 7.49. The highest BCUT2D eigenvalue weighted by molar-refractivity contribution is 5.92. The van der Waals surface area contributed by atoms with E-state index in [2.05, 4.69) is 48.1 Å². The van der Waals surface area contributed by atoms with E-state index < -0.39 is 0 Å². The Balaban J connectivity index is 2.12. The average Bonchev–Trinajstić information content (AvgIpc) is 3.09. The van der Waals surface area contributed by atoms with Gasteiger partial charge in [-0.15, -0.1) is 0 Å². The lowest BCUT2D eigenvalue weighted by Gasteiger charge is -2.30. The summed E-state index contributed by atoms with van der Waals surface area (Å²) >= 11 is 0. The third-order valence-electron chi connectivity index (χ3n) is 4.63. The Kier molecular flexibility index (Phi) is 7.42. The lowest BCUT2D eigenvalue weighted by atomic mass is 10.0. The van der Waals surface area contributed by atoms with Gasteiger partial charge in [0.15, 0.2) is 5.69 Å². The zero-order valence-electron chi connectivity index (χ0n) is 17.2. The minimum absolute atomic E-state index is 0.0604. The van der Waals surface area contributed by atoms with Gasteiger partial charge in [-0.1, -0.05) is 26.0 Å². The maximum Gasteiger partial charge on any atom is 0.273 e. The molecule has 0 spiro atoms. The van der Waals surface area contributed by atoms with Crippen LogP contribution in [0.2, 0.25) is 0 Å². The van der Waals surface area contributed by atoms with Gasteiger partial charge in [0.25, 0.3) is 5.91 Å². The number of amides is 1. The van der Waals surface area contributed by atoms with Crippen molar-refractivity contribution in [3.8, 4) is 5.75 Å². The first kappa shape index (κ1) is 21.0. The fraction of sp³-hybridized carbons (Fsp3) is 0.524. The molecule has 27 heavy (non-hydrogen) atoms. The van der Waals surface area contributed by atoms with E-state index >= 15 is 0 Å². The summed E-state index contributed by atoms with van der Waals surface area (Å²) in [5, 5.41) is 2.83. The van der Waals surface area contributed by atoms with Crippen molar-refractivity contribution in [2.24, 2.45) is 5.92 Å². The van der Waals surface area contributed by atoms with E-state index in [0.29, 0.717) is 30.1 Å². The summed E-state index contributed by atoms with van der Waals surface area (Å²) in [6, 6.07) is 8.45. The summed E-state index contributed by atoms with van der Waals surface area (Å²) in [6.07, 6.45) is 1.43. The molecule has 1 unspecified atom stereocenters. The monoisotopic (exact) mass is 373 g/mol. The molecule has 0 radical (unpaired) electrons. The molecule has 2 rings (SSSR count). The van der Waals surface area contributed by atoms with Crippen molar-refractivity contribution in [2.75, 3.05) is 7.11 Å². The highest BCUT2D eigenvalue weighted by atomic mass is 16.5. The summed E-state index contributed by atoms with van der Waals surface area (Å²) in [4.78, 5) is 18.8. The first-order chi connectivity index (χ1) is 12.8. The number of aromatic nitrogens is 1. The second-order valence-corrected chi connectivity index (χ2v) is 7.49. The van der Waals surface area contributed by atoms with Gasteiger partial charge in [0.05, 0.1) is 13.7 Å².